The molecule has 0 aliphatic carbocycles. The van der Waals surface area contributed by atoms with E-state index in [4.69, 9.17) is 4.74 Å². The summed E-state index contributed by atoms with van der Waals surface area (Å²) in [7, 11) is 0. The average Bonchev–Trinajstić information content (AvgIpc) is 3.52. The van der Waals surface area contributed by atoms with Gasteiger partial charge in [-0.2, -0.15) is 0 Å². The van der Waals surface area contributed by atoms with E-state index in [1.54, 1.807) is 0 Å². The Morgan fingerprint density at radius 2 is 1.84 bits per heavy atom. The monoisotopic (exact) mass is 504 g/mol. The lowest BCUT2D eigenvalue weighted by Gasteiger charge is -2.31. The number of carbonyl (C=O) groups excluding carboxylic acids is 2. The van der Waals surface area contributed by atoms with Crippen molar-refractivity contribution in [1.29, 1.82) is 0 Å². The first-order valence-electron chi connectivity index (χ1n) is 13.9. The Labute approximate surface area is 220 Å². The number of nitrogens with zero attached hydrogens (tertiary/aromatic N) is 3. The SMILES string of the molecule is Cc1ccc(C(=O)N2CC(N(Cc3ccccc3)CC3CCCO3)CC2C(=O)N2CCCNCC2)cc1. The molecule has 0 aromatic heterocycles. The van der Waals surface area contributed by atoms with Crippen LogP contribution < -0.4 is 5.32 Å². The van der Waals surface area contributed by atoms with Crippen LogP contribution in [0.15, 0.2) is 54.6 Å². The summed E-state index contributed by atoms with van der Waals surface area (Å²) in [6, 6.07) is 17.8. The van der Waals surface area contributed by atoms with E-state index in [1.165, 1.54) is 5.56 Å². The molecule has 3 saturated heterocycles. The minimum atomic E-state index is -0.445. The lowest BCUT2D eigenvalue weighted by molar-refractivity contribution is -0.135. The van der Waals surface area contributed by atoms with Crippen LogP contribution >= 0.6 is 0 Å². The maximum atomic E-state index is 13.9. The van der Waals surface area contributed by atoms with Gasteiger partial charge in [0.1, 0.15) is 6.04 Å². The molecule has 5 rings (SSSR count). The average molecular weight is 505 g/mol. The molecule has 3 heterocycles. The first-order chi connectivity index (χ1) is 18.1. The summed E-state index contributed by atoms with van der Waals surface area (Å²) in [5, 5.41) is 3.39. The van der Waals surface area contributed by atoms with Gasteiger partial charge in [0.15, 0.2) is 0 Å². The summed E-state index contributed by atoms with van der Waals surface area (Å²) < 4.78 is 6.01. The molecule has 7 heteroatoms. The van der Waals surface area contributed by atoms with Crippen LogP contribution in [0.25, 0.3) is 0 Å². The van der Waals surface area contributed by atoms with Crippen LogP contribution in [0.3, 0.4) is 0 Å². The third-order valence-electron chi connectivity index (χ3n) is 7.98. The number of hydrogen-bond donors (Lipinski definition) is 1. The molecule has 3 aliphatic heterocycles. The van der Waals surface area contributed by atoms with Crippen molar-refractivity contribution in [2.45, 2.75) is 57.3 Å². The molecule has 3 fully saturated rings. The van der Waals surface area contributed by atoms with Crippen molar-refractivity contribution in [3.63, 3.8) is 0 Å². The Morgan fingerprint density at radius 3 is 2.59 bits per heavy atom. The fraction of sp³-hybridized carbons (Fsp3) is 0.533. The van der Waals surface area contributed by atoms with Gasteiger partial charge in [0.25, 0.3) is 5.91 Å². The maximum absolute atomic E-state index is 13.9. The second-order valence-electron chi connectivity index (χ2n) is 10.7. The van der Waals surface area contributed by atoms with Crippen molar-refractivity contribution in [2.75, 3.05) is 45.9 Å². The highest BCUT2D eigenvalue weighted by Crippen LogP contribution is 2.29. The van der Waals surface area contributed by atoms with E-state index in [0.717, 1.165) is 64.2 Å². The Bertz CT molecular complexity index is 1030. The molecule has 37 heavy (non-hydrogen) atoms. The van der Waals surface area contributed by atoms with Crippen LogP contribution in [0, 0.1) is 6.92 Å². The molecule has 2 aromatic rings. The van der Waals surface area contributed by atoms with E-state index in [-0.39, 0.29) is 24.0 Å². The van der Waals surface area contributed by atoms with Gasteiger partial charge in [-0.3, -0.25) is 14.5 Å². The molecule has 0 radical (unpaired) electrons. The van der Waals surface area contributed by atoms with Crippen molar-refractivity contribution in [3.8, 4) is 0 Å². The lowest BCUT2D eigenvalue weighted by atomic mass is 10.1. The van der Waals surface area contributed by atoms with Gasteiger partial charge < -0.3 is 19.9 Å². The highest BCUT2D eigenvalue weighted by molar-refractivity contribution is 5.98. The lowest BCUT2D eigenvalue weighted by Crippen LogP contribution is -2.48. The Balaban J connectivity index is 1.41. The summed E-state index contributed by atoms with van der Waals surface area (Å²) >= 11 is 0. The largest absolute Gasteiger partial charge is 0.377 e. The van der Waals surface area contributed by atoms with E-state index in [2.05, 4.69) is 34.5 Å². The number of nitrogens with one attached hydrogen (secondary N) is 1. The highest BCUT2D eigenvalue weighted by atomic mass is 16.5. The van der Waals surface area contributed by atoms with E-state index < -0.39 is 6.04 Å². The van der Waals surface area contributed by atoms with Crippen LogP contribution in [-0.2, 0) is 16.1 Å². The smallest absolute Gasteiger partial charge is 0.254 e. The van der Waals surface area contributed by atoms with E-state index >= 15 is 0 Å². The number of likely N-dealkylation sites (tertiary alicyclic amines) is 1. The number of amides is 2. The third-order valence-corrected chi connectivity index (χ3v) is 7.98. The Hall–Kier alpha value is -2.74. The zero-order valence-corrected chi connectivity index (χ0v) is 22.0. The van der Waals surface area contributed by atoms with Gasteiger partial charge in [0, 0.05) is 57.5 Å². The topological polar surface area (TPSA) is 65.1 Å². The summed E-state index contributed by atoms with van der Waals surface area (Å²) in [6.07, 6.45) is 3.95. The maximum Gasteiger partial charge on any atom is 0.254 e. The Kier molecular flexibility index (Phi) is 8.54. The standard InChI is InChI=1S/C30H40N4O3/c1-23-10-12-25(13-11-23)29(35)34-21-26(19-28(34)30(36)32-16-6-14-31-15-17-32)33(22-27-9-5-18-37-27)20-24-7-3-2-4-8-24/h2-4,7-8,10-13,26-28,31H,5-6,9,14-22H2,1H3. The normalized spacial score (nSPS) is 24.4. The summed E-state index contributed by atoms with van der Waals surface area (Å²) in [5.74, 6) is 0.0361. The van der Waals surface area contributed by atoms with Crippen LogP contribution in [0.1, 0.15) is 47.2 Å². The molecule has 0 bridgehead atoms. The summed E-state index contributed by atoms with van der Waals surface area (Å²) in [6.45, 7) is 8.15. The minimum absolute atomic E-state index is 0.0504. The first kappa shape index (κ1) is 25.9. The van der Waals surface area contributed by atoms with Crippen LogP contribution in [0.2, 0.25) is 0 Å². The van der Waals surface area contributed by atoms with Crippen LogP contribution in [0.5, 0.6) is 0 Å². The fourth-order valence-electron chi connectivity index (χ4n) is 5.89. The van der Waals surface area contributed by atoms with Crippen LogP contribution in [0.4, 0.5) is 0 Å². The van der Waals surface area contributed by atoms with E-state index in [0.29, 0.717) is 25.1 Å². The molecule has 0 spiro atoms. The van der Waals surface area contributed by atoms with Crippen molar-refractivity contribution in [2.24, 2.45) is 0 Å². The van der Waals surface area contributed by atoms with Gasteiger partial charge in [0.2, 0.25) is 5.91 Å². The molecule has 3 unspecified atom stereocenters. The summed E-state index contributed by atoms with van der Waals surface area (Å²) in [4.78, 5) is 33.9. The van der Waals surface area contributed by atoms with Gasteiger partial charge in [-0.05, 0) is 56.8 Å². The van der Waals surface area contributed by atoms with E-state index in [9.17, 15) is 9.59 Å². The predicted molar refractivity (Wildman–Crippen MR) is 144 cm³/mol. The van der Waals surface area contributed by atoms with Crippen LogP contribution in [-0.4, -0.2) is 90.6 Å². The highest BCUT2D eigenvalue weighted by Gasteiger charge is 2.44. The molecular weight excluding hydrogens is 464 g/mol. The number of benzene rings is 2. The van der Waals surface area contributed by atoms with Gasteiger partial charge in [0.05, 0.1) is 6.10 Å². The van der Waals surface area contributed by atoms with Gasteiger partial charge in [-0.25, -0.2) is 0 Å². The molecule has 2 amide bonds. The number of carbonyl (C=O) groups is 2. The zero-order valence-electron chi connectivity index (χ0n) is 22.0. The number of rotatable bonds is 7. The number of aryl methyl sites for hydroxylation is 1. The zero-order chi connectivity index (χ0) is 25.6. The molecule has 3 atom stereocenters. The van der Waals surface area contributed by atoms with Crippen molar-refractivity contribution >= 4 is 11.8 Å². The minimum Gasteiger partial charge on any atom is -0.377 e. The summed E-state index contributed by atoms with van der Waals surface area (Å²) in [5.41, 5.74) is 3.01. The fourth-order valence-corrected chi connectivity index (χ4v) is 5.89. The number of hydrogen-bond acceptors (Lipinski definition) is 5. The molecule has 0 saturated carbocycles. The number of ether oxygens (including phenoxy) is 1. The van der Waals surface area contributed by atoms with E-state index in [1.807, 2.05) is 47.1 Å². The second kappa shape index (κ2) is 12.2. The van der Waals surface area contributed by atoms with Crippen molar-refractivity contribution in [1.82, 2.24) is 20.0 Å². The predicted octanol–water partition coefficient (Wildman–Crippen LogP) is 3.08. The van der Waals surface area contributed by atoms with Crippen molar-refractivity contribution in [3.05, 3.63) is 71.3 Å². The molecule has 198 valence electrons. The third kappa shape index (κ3) is 6.40. The Morgan fingerprint density at radius 1 is 1.03 bits per heavy atom. The van der Waals surface area contributed by atoms with Gasteiger partial charge in [-0.15, -0.1) is 0 Å². The molecule has 2 aromatic carbocycles. The van der Waals surface area contributed by atoms with Gasteiger partial charge in [-0.1, -0.05) is 48.0 Å². The molecular formula is C30H40N4O3. The first-order valence-corrected chi connectivity index (χ1v) is 13.9. The molecule has 1 N–H and O–H groups in total. The van der Waals surface area contributed by atoms with Crippen molar-refractivity contribution < 1.29 is 14.3 Å². The van der Waals surface area contributed by atoms with Gasteiger partial charge >= 0.3 is 0 Å². The quantitative estimate of drug-likeness (QED) is 0.628. The molecule has 3 aliphatic rings. The second-order valence-corrected chi connectivity index (χ2v) is 10.7. The molecule has 7 nitrogen and oxygen atoms in total.